The number of hydrogen-bond donors (Lipinski definition) is 1. The normalized spacial score (nSPS) is 10.9. The van der Waals surface area contributed by atoms with Crippen molar-refractivity contribution < 1.29 is 14.6 Å². The molecule has 4 nitrogen and oxygen atoms in total. The Morgan fingerprint density at radius 2 is 2.06 bits per heavy atom. The third kappa shape index (κ3) is 4.37. The van der Waals surface area contributed by atoms with Gasteiger partial charge in [0.05, 0.1) is 13.5 Å². The number of aliphatic carboxylic acids is 1. The van der Waals surface area contributed by atoms with Crippen molar-refractivity contribution in [2.75, 3.05) is 13.7 Å². The van der Waals surface area contributed by atoms with Crippen LogP contribution in [0.25, 0.3) is 0 Å². The predicted octanol–water partition coefficient (Wildman–Crippen LogP) is 2.38. The molecular formula is C14H21NO3. The van der Waals surface area contributed by atoms with Crippen LogP contribution in [-0.4, -0.2) is 35.7 Å². The highest BCUT2D eigenvalue weighted by molar-refractivity contribution is 5.66. The number of rotatable bonds is 7. The van der Waals surface area contributed by atoms with Gasteiger partial charge in [0.25, 0.3) is 0 Å². The highest BCUT2D eigenvalue weighted by atomic mass is 16.5. The Morgan fingerprint density at radius 1 is 1.39 bits per heavy atom. The summed E-state index contributed by atoms with van der Waals surface area (Å²) in [7, 11) is 1.65. The van der Waals surface area contributed by atoms with Crippen LogP contribution >= 0.6 is 0 Å². The van der Waals surface area contributed by atoms with Crippen molar-refractivity contribution in [3.8, 4) is 5.75 Å². The Bertz CT molecular complexity index is 390. The molecule has 0 aliphatic rings. The number of ether oxygens (including phenoxy) is 1. The molecule has 0 aromatic heterocycles. The summed E-state index contributed by atoms with van der Waals surface area (Å²) in [5.41, 5.74) is 1.08. The van der Waals surface area contributed by atoms with Crippen LogP contribution in [0.15, 0.2) is 24.3 Å². The SMILES string of the molecule is COc1ccccc1CN(CCC(=O)O)C(C)C. The minimum atomic E-state index is -0.763. The van der Waals surface area contributed by atoms with E-state index in [1.54, 1.807) is 7.11 Å². The number of carboxylic acid groups (broad SMARTS) is 1. The molecule has 0 aliphatic carbocycles. The van der Waals surface area contributed by atoms with Crippen LogP contribution in [0.2, 0.25) is 0 Å². The van der Waals surface area contributed by atoms with Gasteiger partial charge in [-0.25, -0.2) is 0 Å². The Hall–Kier alpha value is -1.55. The van der Waals surface area contributed by atoms with Crippen molar-refractivity contribution in [2.45, 2.75) is 32.9 Å². The van der Waals surface area contributed by atoms with Gasteiger partial charge in [-0.1, -0.05) is 18.2 Å². The fraction of sp³-hybridized carbons (Fsp3) is 0.500. The molecule has 0 atom stereocenters. The van der Waals surface area contributed by atoms with E-state index < -0.39 is 5.97 Å². The largest absolute Gasteiger partial charge is 0.496 e. The number of nitrogens with zero attached hydrogens (tertiary/aromatic N) is 1. The molecule has 0 radical (unpaired) electrons. The van der Waals surface area contributed by atoms with Crippen LogP contribution < -0.4 is 4.74 Å². The van der Waals surface area contributed by atoms with Gasteiger partial charge in [-0.2, -0.15) is 0 Å². The lowest BCUT2D eigenvalue weighted by atomic mass is 10.1. The van der Waals surface area contributed by atoms with Gasteiger partial charge in [-0.05, 0) is 19.9 Å². The average molecular weight is 251 g/mol. The first-order chi connectivity index (χ1) is 8.54. The zero-order valence-electron chi connectivity index (χ0n) is 11.2. The van der Waals surface area contributed by atoms with Crippen LogP contribution in [-0.2, 0) is 11.3 Å². The second kappa shape index (κ2) is 7.01. The maximum absolute atomic E-state index is 10.7. The van der Waals surface area contributed by atoms with Crippen LogP contribution in [0.1, 0.15) is 25.8 Å². The Morgan fingerprint density at radius 3 is 2.61 bits per heavy atom. The maximum Gasteiger partial charge on any atom is 0.304 e. The Labute approximate surface area is 108 Å². The third-order valence-electron chi connectivity index (χ3n) is 2.91. The topological polar surface area (TPSA) is 49.8 Å². The molecular weight excluding hydrogens is 230 g/mol. The second-order valence-corrected chi connectivity index (χ2v) is 4.52. The molecule has 1 rings (SSSR count). The lowest BCUT2D eigenvalue weighted by Gasteiger charge is -2.26. The molecule has 0 bridgehead atoms. The minimum absolute atomic E-state index is 0.160. The van der Waals surface area contributed by atoms with Crippen LogP contribution in [0.3, 0.4) is 0 Å². The van der Waals surface area contributed by atoms with E-state index in [-0.39, 0.29) is 6.42 Å². The van der Waals surface area contributed by atoms with E-state index in [1.807, 2.05) is 24.3 Å². The number of para-hydroxylation sites is 1. The first kappa shape index (κ1) is 14.5. The summed E-state index contributed by atoms with van der Waals surface area (Å²) < 4.78 is 5.31. The van der Waals surface area contributed by atoms with Crippen LogP contribution in [0.5, 0.6) is 5.75 Å². The van der Waals surface area contributed by atoms with Gasteiger partial charge in [0, 0.05) is 24.7 Å². The van der Waals surface area contributed by atoms with E-state index in [4.69, 9.17) is 9.84 Å². The lowest BCUT2D eigenvalue weighted by molar-refractivity contribution is -0.137. The highest BCUT2D eigenvalue weighted by Gasteiger charge is 2.13. The summed E-state index contributed by atoms with van der Waals surface area (Å²) >= 11 is 0. The smallest absolute Gasteiger partial charge is 0.304 e. The highest BCUT2D eigenvalue weighted by Crippen LogP contribution is 2.20. The molecule has 1 N–H and O–H groups in total. The first-order valence-electron chi connectivity index (χ1n) is 6.12. The molecule has 0 saturated heterocycles. The van der Waals surface area contributed by atoms with Gasteiger partial charge in [0.1, 0.15) is 5.75 Å². The van der Waals surface area contributed by atoms with Crippen molar-refractivity contribution in [1.29, 1.82) is 0 Å². The summed E-state index contributed by atoms with van der Waals surface area (Å²) in [6.45, 7) is 5.38. The van der Waals surface area contributed by atoms with E-state index in [0.29, 0.717) is 19.1 Å². The Kier molecular flexibility index (Phi) is 5.65. The standard InChI is InChI=1S/C14H21NO3/c1-11(2)15(9-8-14(16)17)10-12-6-4-5-7-13(12)18-3/h4-7,11H,8-10H2,1-3H3,(H,16,17). The molecule has 100 valence electrons. The summed E-state index contributed by atoms with van der Waals surface area (Å²) in [4.78, 5) is 12.8. The number of carbonyl (C=O) groups is 1. The maximum atomic E-state index is 10.7. The minimum Gasteiger partial charge on any atom is -0.496 e. The number of benzene rings is 1. The van der Waals surface area contributed by atoms with Crippen molar-refractivity contribution in [3.05, 3.63) is 29.8 Å². The summed E-state index contributed by atoms with van der Waals surface area (Å²) in [5.74, 6) is 0.0825. The molecule has 0 spiro atoms. The average Bonchev–Trinajstić information content (AvgIpc) is 2.34. The van der Waals surface area contributed by atoms with E-state index in [9.17, 15) is 4.79 Å². The van der Waals surface area contributed by atoms with Gasteiger partial charge in [-0.3, -0.25) is 9.69 Å². The van der Waals surface area contributed by atoms with Gasteiger partial charge >= 0.3 is 5.97 Å². The van der Waals surface area contributed by atoms with E-state index >= 15 is 0 Å². The van der Waals surface area contributed by atoms with Crippen molar-refractivity contribution in [1.82, 2.24) is 4.90 Å². The molecule has 1 aromatic carbocycles. The van der Waals surface area contributed by atoms with E-state index in [1.165, 1.54) is 0 Å². The zero-order chi connectivity index (χ0) is 13.5. The molecule has 4 heteroatoms. The fourth-order valence-corrected chi connectivity index (χ4v) is 1.81. The number of methoxy groups -OCH3 is 1. The number of hydrogen-bond acceptors (Lipinski definition) is 3. The van der Waals surface area contributed by atoms with E-state index in [0.717, 1.165) is 11.3 Å². The zero-order valence-corrected chi connectivity index (χ0v) is 11.2. The molecule has 0 fully saturated rings. The van der Waals surface area contributed by atoms with Crippen molar-refractivity contribution in [2.24, 2.45) is 0 Å². The summed E-state index contributed by atoms with van der Waals surface area (Å²) in [6.07, 6.45) is 0.160. The quantitative estimate of drug-likeness (QED) is 0.808. The van der Waals surface area contributed by atoms with Crippen LogP contribution in [0, 0.1) is 0 Å². The van der Waals surface area contributed by atoms with Gasteiger partial charge in [-0.15, -0.1) is 0 Å². The molecule has 18 heavy (non-hydrogen) atoms. The predicted molar refractivity (Wildman–Crippen MR) is 70.8 cm³/mol. The Balaban J connectivity index is 2.73. The fourth-order valence-electron chi connectivity index (χ4n) is 1.81. The molecule has 1 aromatic rings. The molecule has 0 aliphatic heterocycles. The molecule has 0 unspecified atom stereocenters. The number of carboxylic acids is 1. The van der Waals surface area contributed by atoms with Crippen LogP contribution in [0.4, 0.5) is 0 Å². The first-order valence-corrected chi connectivity index (χ1v) is 6.12. The monoisotopic (exact) mass is 251 g/mol. The van der Waals surface area contributed by atoms with Crippen molar-refractivity contribution in [3.63, 3.8) is 0 Å². The second-order valence-electron chi connectivity index (χ2n) is 4.52. The summed E-state index contributed by atoms with van der Waals surface area (Å²) in [5, 5.41) is 8.76. The lowest BCUT2D eigenvalue weighted by Crippen LogP contribution is -2.32. The van der Waals surface area contributed by atoms with Gasteiger partial charge in [0.2, 0.25) is 0 Å². The van der Waals surface area contributed by atoms with E-state index in [2.05, 4.69) is 18.7 Å². The van der Waals surface area contributed by atoms with Crippen molar-refractivity contribution >= 4 is 5.97 Å². The third-order valence-corrected chi connectivity index (χ3v) is 2.91. The molecule has 0 saturated carbocycles. The summed E-state index contributed by atoms with van der Waals surface area (Å²) in [6, 6.07) is 8.13. The molecule has 0 heterocycles. The van der Waals surface area contributed by atoms with Gasteiger partial charge in [0.15, 0.2) is 0 Å². The van der Waals surface area contributed by atoms with Gasteiger partial charge < -0.3 is 9.84 Å². The molecule has 0 amide bonds.